The number of ketones is 2. The number of aromatic nitrogens is 2. The van der Waals surface area contributed by atoms with Crippen LogP contribution in [0.2, 0.25) is 0 Å². The number of nitrogens with one attached hydrogen (secondary N) is 1. The van der Waals surface area contributed by atoms with Crippen molar-refractivity contribution in [3.05, 3.63) is 59.0 Å². The second kappa shape index (κ2) is 9.70. The Balaban J connectivity index is 1.21. The Morgan fingerprint density at radius 1 is 1.02 bits per heavy atom. The molecule has 204 valence electrons. The van der Waals surface area contributed by atoms with Gasteiger partial charge in [0.05, 0.1) is 29.3 Å². The number of aromatic carboxylic acids is 1. The summed E-state index contributed by atoms with van der Waals surface area (Å²) in [5, 5.41) is 13.4. The van der Waals surface area contributed by atoms with Crippen molar-refractivity contribution in [2.75, 3.05) is 5.32 Å². The van der Waals surface area contributed by atoms with Gasteiger partial charge in [-0.2, -0.15) is 0 Å². The molecule has 1 atom stereocenters. The van der Waals surface area contributed by atoms with Gasteiger partial charge in [0.1, 0.15) is 10.7 Å². The van der Waals surface area contributed by atoms with Gasteiger partial charge in [-0.1, -0.05) is 38.0 Å². The van der Waals surface area contributed by atoms with Crippen molar-refractivity contribution in [3.63, 3.8) is 0 Å². The van der Waals surface area contributed by atoms with Crippen LogP contribution in [0.5, 0.6) is 0 Å². The molecule has 2 aliphatic carbocycles. The highest BCUT2D eigenvalue weighted by molar-refractivity contribution is 7.18. The van der Waals surface area contributed by atoms with E-state index in [2.05, 4.69) is 12.2 Å². The van der Waals surface area contributed by atoms with Crippen LogP contribution in [0.4, 0.5) is 5.69 Å². The molecule has 2 N–H and O–H groups in total. The van der Waals surface area contributed by atoms with Gasteiger partial charge in [0.15, 0.2) is 11.6 Å². The van der Waals surface area contributed by atoms with E-state index in [1.54, 1.807) is 0 Å². The third kappa shape index (κ3) is 4.35. The van der Waals surface area contributed by atoms with E-state index in [0.29, 0.717) is 17.2 Å². The summed E-state index contributed by atoms with van der Waals surface area (Å²) in [5.41, 5.74) is 4.44. The fraction of sp³-hybridized carbons (Fsp3) is 0.375. The summed E-state index contributed by atoms with van der Waals surface area (Å²) in [6.45, 7) is 2.46. The van der Waals surface area contributed by atoms with E-state index in [4.69, 9.17) is 4.98 Å². The molecule has 2 fully saturated rings. The Kier molecular flexibility index (Phi) is 6.11. The molecule has 3 aliphatic rings. The lowest BCUT2D eigenvalue weighted by Gasteiger charge is -2.29. The first-order chi connectivity index (χ1) is 19.4. The van der Waals surface area contributed by atoms with Crippen molar-refractivity contribution < 1.29 is 19.5 Å². The zero-order valence-corrected chi connectivity index (χ0v) is 23.2. The average Bonchev–Trinajstić information content (AvgIpc) is 3.60. The number of anilines is 1. The van der Waals surface area contributed by atoms with Gasteiger partial charge in [0.2, 0.25) is 0 Å². The normalized spacial score (nSPS) is 21.1. The highest BCUT2D eigenvalue weighted by Gasteiger charge is 2.40. The molecule has 2 aromatic carbocycles. The molecule has 1 aliphatic heterocycles. The zero-order valence-electron chi connectivity index (χ0n) is 22.4. The number of carbonyl (C=O) groups excluding carboxylic acids is 2. The number of rotatable bonds is 7. The third-order valence-corrected chi connectivity index (χ3v) is 10.0. The van der Waals surface area contributed by atoms with Gasteiger partial charge >= 0.3 is 5.97 Å². The monoisotopic (exact) mass is 553 g/mol. The summed E-state index contributed by atoms with van der Waals surface area (Å²) >= 11 is 1.18. The van der Waals surface area contributed by atoms with E-state index >= 15 is 0 Å². The van der Waals surface area contributed by atoms with Crippen LogP contribution in [0.3, 0.4) is 0 Å². The minimum atomic E-state index is -1.02. The molecule has 8 heteroatoms. The number of carboxylic acid groups (broad SMARTS) is 1. The predicted molar refractivity (Wildman–Crippen MR) is 156 cm³/mol. The topological polar surface area (TPSA) is 101 Å². The highest BCUT2D eigenvalue weighted by atomic mass is 32.1. The van der Waals surface area contributed by atoms with Crippen LogP contribution in [0.15, 0.2) is 48.5 Å². The molecule has 0 amide bonds. The Hall–Kier alpha value is -3.78. The van der Waals surface area contributed by atoms with Crippen molar-refractivity contribution >= 4 is 45.6 Å². The number of fused-ring (bicyclic) bond motifs is 5. The number of imidazole rings is 1. The predicted octanol–water partition coefficient (Wildman–Crippen LogP) is 6.91. The number of Topliss-reactive ketones (excluding diaryl/α,β-unsaturated/α-hetero) is 2. The molecule has 2 saturated carbocycles. The van der Waals surface area contributed by atoms with Crippen LogP contribution in [0, 0.1) is 17.8 Å². The van der Waals surface area contributed by atoms with Gasteiger partial charge in [0.25, 0.3) is 0 Å². The number of nitrogens with zero attached hydrogens (tertiary/aromatic N) is 2. The summed E-state index contributed by atoms with van der Waals surface area (Å²) in [5.74, 6) is 0.967. The lowest BCUT2D eigenvalue weighted by molar-refractivity contribution is -0.125. The Bertz CT molecular complexity index is 1670. The van der Waals surface area contributed by atoms with Gasteiger partial charge in [0, 0.05) is 21.9 Å². The minimum Gasteiger partial charge on any atom is -0.477 e. The van der Waals surface area contributed by atoms with Gasteiger partial charge in [-0.3, -0.25) is 9.59 Å². The minimum absolute atomic E-state index is 0.00191. The SMILES string of the molecule is CC1CCC(C(=O)C(Nc2cc(-c3ccc4c(c3)C(=O)Cn3c-4nc4ccccc43)sc2C(=O)O)C2CC2)CC1. The second-order valence-electron chi connectivity index (χ2n) is 11.7. The first-order valence-corrected chi connectivity index (χ1v) is 15.0. The molecule has 2 aromatic heterocycles. The van der Waals surface area contributed by atoms with E-state index in [0.717, 1.165) is 71.4 Å². The number of carboxylic acids is 1. The summed E-state index contributed by atoms with van der Waals surface area (Å²) < 4.78 is 1.96. The fourth-order valence-corrected chi connectivity index (χ4v) is 7.37. The highest BCUT2D eigenvalue weighted by Crippen LogP contribution is 2.42. The molecule has 7 rings (SSSR count). The maximum atomic E-state index is 13.6. The lowest BCUT2D eigenvalue weighted by Crippen LogP contribution is -2.38. The molecule has 7 nitrogen and oxygen atoms in total. The summed E-state index contributed by atoms with van der Waals surface area (Å²) in [7, 11) is 0. The Labute approximate surface area is 236 Å². The molecule has 1 unspecified atom stereocenters. The van der Waals surface area contributed by atoms with Crippen LogP contribution in [0.25, 0.3) is 32.9 Å². The molecule has 0 saturated heterocycles. The fourth-order valence-electron chi connectivity index (χ4n) is 6.41. The van der Waals surface area contributed by atoms with Crippen molar-refractivity contribution in [1.82, 2.24) is 9.55 Å². The number of thiophene rings is 1. The molecule has 4 aromatic rings. The van der Waals surface area contributed by atoms with Crippen LogP contribution in [-0.2, 0) is 11.3 Å². The second-order valence-corrected chi connectivity index (χ2v) is 12.7. The average molecular weight is 554 g/mol. The number of hydrogen-bond donors (Lipinski definition) is 2. The smallest absolute Gasteiger partial charge is 0.348 e. The summed E-state index contributed by atoms with van der Waals surface area (Å²) in [4.78, 5) is 44.8. The van der Waals surface area contributed by atoms with Gasteiger partial charge in [-0.05, 0) is 73.4 Å². The Morgan fingerprint density at radius 2 is 1.80 bits per heavy atom. The first kappa shape index (κ1) is 25.2. The van der Waals surface area contributed by atoms with E-state index in [1.165, 1.54) is 11.3 Å². The zero-order chi connectivity index (χ0) is 27.5. The standard InChI is InChI=1S/C32H31N3O4S/c1-17-6-8-19(9-7-17)29(37)28(18-10-11-18)33-24-15-27(40-30(24)32(38)39)20-12-13-21-22(14-20)26(36)16-35-25-5-3-2-4-23(25)34-31(21)35/h2-5,12-15,17-19,28,33H,6-11,16H2,1H3,(H,38,39). The first-order valence-electron chi connectivity index (χ1n) is 14.2. The molecular weight excluding hydrogens is 522 g/mol. The van der Waals surface area contributed by atoms with Gasteiger partial charge in [-0.25, -0.2) is 9.78 Å². The van der Waals surface area contributed by atoms with Crippen LogP contribution < -0.4 is 5.32 Å². The Morgan fingerprint density at radius 3 is 2.55 bits per heavy atom. The number of hydrogen-bond acceptors (Lipinski definition) is 6. The van der Waals surface area contributed by atoms with Crippen molar-refractivity contribution in [2.45, 2.75) is 58.0 Å². The molecule has 40 heavy (non-hydrogen) atoms. The van der Waals surface area contributed by atoms with E-state index in [-0.39, 0.29) is 40.9 Å². The van der Waals surface area contributed by atoms with Gasteiger partial charge < -0.3 is 15.0 Å². The third-order valence-electron chi connectivity index (χ3n) is 8.86. The molecular formula is C32H31N3O4S. The number of benzene rings is 2. The van der Waals surface area contributed by atoms with Crippen LogP contribution >= 0.6 is 11.3 Å². The van der Waals surface area contributed by atoms with E-state index in [9.17, 15) is 19.5 Å². The van der Waals surface area contributed by atoms with Crippen LogP contribution in [-0.4, -0.2) is 38.2 Å². The van der Waals surface area contributed by atoms with Crippen molar-refractivity contribution in [3.8, 4) is 21.8 Å². The van der Waals surface area contributed by atoms with E-state index in [1.807, 2.05) is 53.1 Å². The molecule has 3 heterocycles. The van der Waals surface area contributed by atoms with E-state index < -0.39 is 5.97 Å². The molecule has 0 bridgehead atoms. The summed E-state index contributed by atoms with van der Waals surface area (Å²) in [6, 6.07) is 15.0. The number of carbonyl (C=O) groups is 3. The van der Waals surface area contributed by atoms with Crippen molar-refractivity contribution in [1.29, 1.82) is 0 Å². The lowest BCUT2D eigenvalue weighted by atomic mass is 9.78. The molecule has 0 spiro atoms. The quantitative estimate of drug-likeness (QED) is 0.258. The maximum Gasteiger partial charge on any atom is 0.348 e. The van der Waals surface area contributed by atoms with Crippen LogP contribution in [0.1, 0.15) is 65.5 Å². The largest absolute Gasteiger partial charge is 0.477 e. The van der Waals surface area contributed by atoms with Gasteiger partial charge in [-0.15, -0.1) is 11.3 Å². The molecule has 0 radical (unpaired) electrons. The number of para-hydroxylation sites is 2. The maximum absolute atomic E-state index is 13.6. The van der Waals surface area contributed by atoms with Crippen molar-refractivity contribution in [2.24, 2.45) is 17.8 Å². The summed E-state index contributed by atoms with van der Waals surface area (Å²) in [6.07, 6.45) is 5.96.